The third-order valence-corrected chi connectivity index (χ3v) is 4.92. The quantitative estimate of drug-likeness (QED) is 0.576. The number of benzene rings is 2. The van der Waals surface area contributed by atoms with Gasteiger partial charge < -0.3 is 0 Å². The highest BCUT2D eigenvalue weighted by Gasteiger charge is 2.07. The van der Waals surface area contributed by atoms with Gasteiger partial charge in [0, 0.05) is 16.2 Å². The molecule has 2 heteroatoms. The molecule has 0 unspecified atom stereocenters. The summed E-state index contributed by atoms with van der Waals surface area (Å²) in [6.45, 7) is 4.33. The maximum atomic E-state index is 13.0. The molecule has 0 radical (unpaired) electrons. The fraction of sp³-hybridized carbons (Fsp3) is 0.158. The topological polar surface area (TPSA) is 0 Å². The SMILES string of the molecule is Cc1cccc(C)c1Cc1ccc(-c2ccc(F)cc2)s1. The van der Waals surface area contributed by atoms with E-state index in [1.54, 1.807) is 11.3 Å². The number of thiophene rings is 1. The summed E-state index contributed by atoms with van der Waals surface area (Å²) in [7, 11) is 0. The Balaban J connectivity index is 1.87. The van der Waals surface area contributed by atoms with Crippen molar-refractivity contribution in [3.8, 4) is 10.4 Å². The van der Waals surface area contributed by atoms with E-state index < -0.39 is 0 Å². The van der Waals surface area contributed by atoms with E-state index in [0.29, 0.717) is 0 Å². The summed E-state index contributed by atoms with van der Waals surface area (Å²) in [6.07, 6.45) is 0.963. The Morgan fingerprint density at radius 2 is 1.52 bits per heavy atom. The van der Waals surface area contributed by atoms with Crippen molar-refractivity contribution in [1.29, 1.82) is 0 Å². The van der Waals surface area contributed by atoms with Crippen molar-refractivity contribution in [2.24, 2.45) is 0 Å². The molecule has 0 fully saturated rings. The molecule has 1 heterocycles. The van der Waals surface area contributed by atoms with Gasteiger partial charge in [0.2, 0.25) is 0 Å². The first-order valence-corrected chi connectivity index (χ1v) is 7.85. The summed E-state index contributed by atoms with van der Waals surface area (Å²) < 4.78 is 13.0. The van der Waals surface area contributed by atoms with Crippen LogP contribution in [0.15, 0.2) is 54.6 Å². The van der Waals surface area contributed by atoms with E-state index in [9.17, 15) is 4.39 Å². The Kier molecular flexibility index (Phi) is 3.89. The predicted molar refractivity (Wildman–Crippen MR) is 88.4 cm³/mol. The van der Waals surface area contributed by atoms with E-state index in [4.69, 9.17) is 0 Å². The van der Waals surface area contributed by atoms with Crippen LogP contribution in [0.5, 0.6) is 0 Å². The fourth-order valence-corrected chi connectivity index (χ4v) is 3.57. The van der Waals surface area contributed by atoms with Gasteiger partial charge in [-0.2, -0.15) is 0 Å². The van der Waals surface area contributed by atoms with Crippen molar-refractivity contribution < 1.29 is 4.39 Å². The zero-order valence-corrected chi connectivity index (χ0v) is 13.0. The maximum absolute atomic E-state index is 13.0. The normalized spacial score (nSPS) is 10.8. The second-order valence-electron chi connectivity index (χ2n) is 5.32. The van der Waals surface area contributed by atoms with Gasteiger partial charge in [-0.15, -0.1) is 11.3 Å². The lowest BCUT2D eigenvalue weighted by molar-refractivity contribution is 0.628. The monoisotopic (exact) mass is 296 g/mol. The second kappa shape index (κ2) is 5.82. The van der Waals surface area contributed by atoms with E-state index in [-0.39, 0.29) is 5.82 Å². The van der Waals surface area contributed by atoms with E-state index >= 15 is 0 Å². The Labute approximate surface area is 128 Å². The van der Waals surface area contributed by atoms with Crippen molar-refractivity contribution in [3.63, 3.8) is 0 Å². The molecule has 21 heavy (non-hydrogen) atoms. The third-order valence-electron chi connectivity index (χ3n) is 3.79. The molecule has 0 saturated heterocycles. The van der Waals surface area contributed by atoms with Gasteiger partial charge in [0.05, 0.1) is 0 Å². The molecule has 0 aliphatic heterocycles. The van der Waals surface area contributed by atoms with Gasteiger partial charge in [0.15, 0.2) is 0 Å². The van der Waals surface area contributed by atoms with E-state index in [1.165, 1.54) is 38.6 Å². The van der Waals surface area contributed by atoms with Crippen LogP contribution in [0, 0.1) is 19.7 Å². The van der Waals surface area contributed by atoms with Crippen molar-refractivity contribution >= 4 is 11.3 Å². The molecule has 1 aromatic heterocycles. The Bertz CT molecular complexity index is 733. The number of aryl methyl sites for hydroxylation is 2. The molecule has 0 N–H and O–H groups in total. The van der Waals surface area contributed by atoms with Gasteiger partial charge >= 0.3 is 0 Å². The van der Waals surface area contributed by atoms with Gasteiger partial charge in [-0.25, -0.2) is 4.39 Å². The van der Waals surface area contributed by atoms with Gasteiger partial charge in [0.1, 0.15) is 5.82 Å². The number of hydrogen-bond acceptors (Lipinski definition) is 1. The van der Waals surface area contributed by atoms with Crippen LogP contribution < -0.4 is 0 Å². The largest absolute Gasteiger partial charge is 0.207 e. The molecule has 0 amide bonds. The van der Waals surface area contributed by atoms with Gasteiger partial charge in [-0.3, -0.25) is 0 Å². The van der Waals surface area contributed by atoms with Gasteiger partial charge in [-0.1, -0.05) is 30.3 Å². The van der Waals surface area contributed by atoms with Crippen LogP contribution >= 0.6 is 11.3 Å². The van der Waals surface area contributed by atoms with Crippen molar-refractivity contribution in [1.82, 2.24) is 0 Å². The molecule has 2 aromatic carbocycles. The van der Waals surface area contributed by atoms with Gasteiger partial charge in [-0.05, 0) is 60.4 Å². The van der Waals surface area contributed by atoms with Crippen LogP contribution in [0.1, 0.15) is 21.6 Å². The van der Waals surface area contributed by atoms with Crippen molar-refractivity contribution in [2.45, 2.75) is 20.3 Å². The average Bonchev–Trinajstić information content (AvgIpc) is 2.92. The molecule has 0 saturated carbocycles. The summed E-state index contributed by atoms with van der Waals surface area (Å²) in [4.78, 5) is 2.53. The summed E-state index contributed by atoms with van der Waals surface area (Å²) >= 11 is 1.78. The summed E-state index contributed by atoms with van der Waals surface area (Å²) in [5, 5.41) is 0. The highest BCUT2D eigenvalue weighted by atomic mass is 32.1. The molecule has 0 bridgehead atoms. The standard InChI is InChI=1S/C19H17FS/c1-13-4-3-5-14(2)18(13)12-17-10-11-19(21-17)15-6-8-16(20)9-7-15/h3-11H,12H2,1-2H3. The molecule has 3 aromatic rings. The van der Waals surface area contributed by atoms with Crippen LogP contribution in [0.2, 0.25) is 0 Å². The summed E-state index contributed by atoms with van der Waals surface area (Å²) in [5.74, 6) is -0.189. The summed E-state index contributed by atoms with van der Waals surface area (Å²) in [6, 6.07) is 17.4. The molecule has 0 aliphatic rings. The van der Waals surface area contributed by atoms with E-state index in [1.807, 2.05) is 12.1 Å². The highest BCUT2D eigenvalue weighted by Crippen LogP contribution is 2.30. The first-order valence-electron chi connectivity index (χ1n) is 7.03. The highest BCUT2D eigenvalue weighted by molar-refractivity contribution is 7.15. The lowest BCUT2D eigenvalue weighted by atomic mass is 9.99. The van der Waals surface area contributed by atoms with Crippen molar-refractivity contribution in [2.75, 3.05) is 0 Å². The smallest absolute Gasteiger partial charge is 0.123 e. The second-order valence-corrected chi connectivity index (χ2v) is 6.49. The number of halogens is 1. The predicted octanol–water partition coefficient (Wildman–Crippen LogP) is 5.76. The first kappa shape index (κ1) is 14.0. The Morgan fingerprint density at radius 3 is 2.19 bits per heavy atom. The zero-order valence-electron chi connectivity index (χ0n) is 12.2. The van der Waals surface area contributed by atoms with Crippen LogP contribution in [0.4, 0.5) is 4.39 Å². The Morgan fingerprint density at radius 1 is 0.857 bits per heavy atom. The lowest BCUT2D eigenvalue weighted by Gasteiger charge is -2.08. The molecule has 0 spiro atoms. The molecule has 106 valence electrons. The van der Waals surface area contributed by atoms with E-state index in [0.717, 1.165) is 12.0 Å². The van der Waals surface area contributed by atoms with Crippen LogP contribution in [-0.4, -0.2) is 0 Å². The minimum absolute atomic E-state index is 0.189. The zero-order chi connectivity index (χ0) is 14.8. The first-order chi connectivity index (χ1) is 10.1. The molecular formula is C19H17FS. The third kappa shape index (κ3) is 3.06. The van der Waals surface area contributed by atoms with Crippen LogP contribution in [0.3, 0.4) is 0 Å². The van der Waals surface area contributed by atoms with Crippen molar-refractivity contribution in [3.05, 3.63) is 82.0 Å². The van der Waals surface area contributed by atoms with E-state index in [2.05, 4.69) is 44.2 Å². The van der Waals surface area contributed by atoms with Crippen LogP contribution in [0.25, 0.3) is 10.4 Å². The number of rotatable bonds is 3. The lowest BCUT2D eigenvalue weighted by Crippen LogP contribution is -1.93. The average molecular weight is 296 g/mol. The van der Waals surface area contributed by atoms with Gasteiger partial charge in [0.25, 0.3) is 0 Å². The fourth-order valence-electron chi connectivity index (χ4n) is 2.54. The summed E-state index contributed by atoms with van der Waals surface area (Å²) in [5.41, 5.74) is 5.16. The number of hydrogen-bond donors (Lipinski definition) is 0. The molecular weight excluding hydrogens is 279 g/mol. The Hall–Kier alpha value is -1.93. The molecule has 0 nitrogen and oxygen atoms in total. The van der Waals surface area contributed by atoms with Crippen LogP contribution in [-0.2, 0) is 6.42 Å². The maximum Gasteiger partial charge on any atom is 0.123 e. The molecule has 3 rings (SSSR count). The minimum Gasteiger partial charge on any atom is -0.207 e. The molecule has 0 atom stereocenters. The minimum atomic E-state index is -0.189. The molecule has 0 aliphatic carbocycles.